The Morgan fingerprint density at radius 2 is 1.76 bits per heavy atom. The number of ether oxygens (including phenoxy) is 1. The van der Waals surface area contributed by atoms with E-state index >= 15 is 0 Å². The highest BCUT2D eigenvalue weighted by molar-refractivity contribution is 5.94. The summed E-state index contributed by atoms with van der Waals surface area (Å²) < 4.78 is 6.21. The van der Waals surface area contributed by atoms with Crippen molar-refractivity contribution in [3.8, 4) is 6.07 Å². The summed E-state index contributed by atoms with van der Waals surface area (Å²) in [6.45, 7) is 3.89. The Bertz CT molecular complexity index is 785. The van der Waals surface area contributed by atoms with Gasteiger partial charge in [-0.25, -0.2) is 0 Å². The van der Waals surface area contributed by atoms with E-state index in [-0.39, 0.29) is 11.5 Å². The van der Waals surface area contributed by atoms with Gasteiger partial charge in [0, 0.05) is 44.8 Å². The van der Waals surface area contributed by atoms with E-state index in [0.29, 0.717) is 49.1 Å². The Labute approximate surface area is 172 Å². The van der Waals surface area contributed by atoms with Crippen LogP contribution in [-0.4, -0.2) is 60.0 Å². The first-order valence-electron chi connectivity index (χ1n) is 10.8. The van der Waals surface area contributed by atoms with E-state index in [0.717, 1.165) is 51.6 Å². The van der Waals surface area contributed by atoms with E-state index in [1.54, 1.807) is 24.3 Å². The largest absolute Gasteiger partial charge is 0.375 e. The first kappa shape index (κ1) is 19.9. The van der Waals surface area contributed by atoms with E-state index in [1.807, 2.05) is 9.80 Å². The highest BCUT2D eigenvalue weighted by Crippen LogP contribution is 2.39. The molecule has 3 aliphatic rings. The first-order valence-corrected chi connectivity index (χ1v) is 10.8. The number of benzene rings is 1. The molecule has 3 saturated heterocycles. The number of rotatable bonds is 3. The van der Waals surface area contributed by atoms with Gasteiger partial charge in [0.1, 0.15) is 0 Å². The van der Waals surface area contributed by atoms with Crippen LogP contribution in [0.5, 0.6) is 0 Å². The Morgan fingerprint density at radius 1 is 1.07 bits per heavy atom. The molecule has 1 aromatic carbocycles. The van der Waals surface area contributed by atoms with Gasteiger partial charge in [0.05, 0.1) is 17.2 Å². The molecule has 0 saturated carbocycles. The fourth-order valence-electron chi connectivity index (χ4n) is 4.98. The summed E-state index contributed by atoms with van der Waals surface area (Å²) in [7, 11) is 0. The van der Waals surface area contributed by atoms with Crippen molar-refractivity contribution in [2.75, 3.05) is 32.8 Å². The van der Waals surface area contributed by atoms with Crippen LogP contribution in [0.25, 0.3) is 0 Å². The number of hydrogen-bond acceptors (Lipinski definition) is 4. The summed E-state index contributed by atoms with van der Waals surface area (Å²) in [4.78, 5) is 29.2. The molecule has 1 unspecified atom stereocenters. The fourth-order valence-corrected chi connectivity index (χ4v) is 4.98. The standard InChI is InChI=1S/C23H29N3O3/c24-17-18-3-5-20(6-4-18)22(28)26-12-8-23(9-13-26)16-19(7-14-29-23)15-21(27)25-10-1-2-11-25/h3-6,19H,1-2,7-16H2. The van der Waals surface area contributed by atoms with Gasteiger partial charge >= 0.3 is 0 Å². The second-order valence-corrected chi connectivity index (χ2v) is 8.66. The highest BCUT2D eigenvalue weighted by Gasteiger charge is 2.42. The van der Waals surface area contributed by atoms with Gasteiger partial charge in [0.15, 0.2) is 0 Å². The van der Waals surface area contributed by atoms with Crippen molar-refractivity contribution in [3.63, 3.8) is 0 Å². The molecule has 4 rings (SSSR count). The predicted octanol–water partition coefficient (Wildman–Crippen LogP) is 2.97. The van der Waals surface area contributed by atoms with Crippen LogP contribution in [-0.2, 0) is 9.53 Å². The number of likely N-dealkylation sites (tertiary alicyclic amines) is 2. The second kappa shape index (κ2) is 8.54. The van der Waals surface area contributed by atoms with Gasteiger partial charge in [0.2, 0.25) is 5.91 Å². The van der Waals surface area contributed by atoms with Crippen molar-refractivity contribution in [2.24, 2.45) is 5.92 Å². The minimum atomic E-state index is -0.185. The van der Waals surface area contributed by atoms with E-state index in [1.165, 1.54) is 0 Å². The van der Waals surface area contributed by atoms with Gasteiger partial charge in [0.25, 0.3) is 5.91 Å². The van der Waals surface area contributed by atoms with E-state index < -0.39 is 0 Å². The smallest absolute Gasteiger partial charge is 0.253 e. The Hall–Kier alpha value is -2.39. The normalized spacial score (nSPS) is 23.8. The molecule has 29 heavy (non-hydrogen) atoms. The molecular weight excluding hydrogens is 366 g/mol. The molecule has 3 aliphatic heterocycles. The molecule has 6 heteroatoms. The maximum atomic E-state index is 12.8. The van der Waals surface area contributed by atoms with E-state index in [9.17, 15) is 9.59 Å². The highest BCUT2D eigenvalue weighted by atomic mass is 16.5. The van der Waals surface area contributed by atoms with E-state index in [4.69, 9.17) is 10.00 Å². The van der Waals surface area contributed by atoms with Gasteiger partial charge < -0.3 is 14.5 Å². The minimum Gasteiger partial charge on any atom is -0.375 e. The van der Waals surface area contributed by atoms with Crippen molar-refractivity contribution in [1.82, 2.24) is 9.80 Å². The third-order valence-electron chi connectivity index (χ3n) is 6.74. The van der Waals surface area contributed by atoms with Crippen LogP contribution in [0.1, 0.15) is 60.9 Å². The molecule has 0 bridgehead atoms. The van der Waals surface area contributed by atoms with Crippen LogP contribution in [0, 0.1) is 17.2 Å². The maximum absolute atomic E-state index is 12.8. The van der Waals surface area contributed by atoms with Gasteiger partial charge in [-0.3, -0.25) is 9.59 Å². The third-order valence-corrected chi connectivity index (χ3v) is 6.74. The van der Waals surface area contributed by atoms with Crippen LogP contribution in [0.15, 0.2) is 24.3 Å². The summed E-state index contributed by atoms with van der Waals surface area (Å²) in [5.74, 6) is 0.705. The average Bonchev–Trinajstić information content (AvgIpc) is 3.29. The second-order valence-electron chi connectivity index (χ2n) is 8.66. The molecule has 0 N–H and O–H groups in total. The fraction of sp³-hybridized carbons (Fsp3) is 0.609. The Balaban J connectivity index is 1.32. The average molecular weight is 396 g/mol. The number of carbonyl (C=O) groups is 2. The Morgan fingerprint density at radius 3 is 2.41 bits per heavy atom. The van der Waals surface area contributed by atoms with Gasteiger partial charge in [-0.1, -0.05) is 0 Å². The molecule has 1 atom stereocenters. The zero-order valence-electron chi connectivity index (χ0n) is 16.9. The molecule has 154 valence electrons. The van der Waals surface area contributed by atoms with Crippen LogP contribution in [0.2, 0.25) is 0 Å². The number of carbonyl (C=O) groups excluding carboxylic acids is 2. The van der Waals surface area contributed by atoms with Crippen molar-refractivity contribution < 1.29 is 14.3 Å². The monoisotopic (exact) mass is 395 g/mol. The molecule has 0 aliphatic carbocycles. The molecule has 3 heterocycles. The summed E-state index contributed by atoms with van der Waals surface area (Å²) in [5.41, 5.74) is 0.998. The number of piperidine rings is 1. The predicted molar refractivity (Wildman–Crippen MR) is 108 cm³/mol. The minimum absolute atomic E-state index is 0.0147. The van der Waals surface area contributed by atoms with Crippen molar-refractivity contribution >= 4 is 11.8 Å². The topological polar surface area (TPSA) is 73.6 Å². The molecule has 0 aromatic heterocycles. The van der Waals surface area contributed by atoms with Crippen molar-refractivity contribution in [1.29, 1.82) is 5.26 Å². The summed E-state index contributed by atoms with van der Waals surface area (Å²) in [6, 6.07) is 8.90. The van der Waals surface area contributed by atoms with Crippen LogP contribution in [0.4, 0.5) is 0 Å². The lowest BCUT2D eigenvalue weighted by atomic mass is 9.78. The zero-order chi connectivity index (χ0) is 20.3. The quantitative estimate of drug-likeness (QED) is 0.789. The van der Waals surface area contributed by atoms with Crippen LogP contribution >= 0.6 is 0 Å². The number of hydrogen-bond donors (Lipinski definition) is 0. The van der Waals surface area contributed by atoms with Crippen molar-refractivity contribution in [2.45, 2.75) is 50.5 Å². The third kappa shape index (κ3) is 4.45. The number of nitriles is 1. The molecule has 2 amide bonds. The molecular formula is C23H29N3O3. The number of nitrogens with zero attached hydrogens (tertiary/aromatic N) is 3. The van der Waals surface area contributed by atoms with Crippen molar-refractivity contribution in [3.05, 3.63) is 35.4 Å². The lowest BCUT2D eigenvalue weighted by molar-refractivity contribution is -0.140. The van der Waals surface area contributed by atoms with Crippen LogP contribution in [0.3, 0.4) is 0 Å². The first-order chi connectivity index (χ1) is 14.1. The Kier molecular flexibility index (Phi) is 5.86. The molecule has 6 nitrogen and oxygen atoms in total. The lowest BCUT2D eigenvalue weighted by Gasteiger charge is -2.46. The SMILES string of the molecule is N#Cc1ccc(C(=O)N2CCC3(CC2)CC(CC(=O)N2CCCC2)CCO3)cc1. The lowest BCUT2D eigenvalue weighted by Crippen LogP contribution is -2.51. The molecule has 3 fully saturated rings. The van der Waals surface area contributed by atoms with Gasteiger partial charge in [-0.2, -0.15) is 5.26 Å². The summed E-state index contributed by atoms with van der Waals surface area (Å²) >= 11 is 0. The molecule has 1 spiro atoms. The zero-order valence-corrected chi connectivity index (χ0v) is 16.9. The molecule has 0 radical (unpaired) electrons. The summed E-state index contributed by atoms with van der Waals surface area (Å²) in [5, 5.41) is 8.91. The molecule has 1 aromatic rings. The number of amides is 2. The maximum Gasteiger partial charge on any atom is 0.253 e. The van der Waals surface area contributed by atoms with E-state index in [2.05, 4.69) is 6.07 Å². The van der Waals surface area contributed by atoms with Crippen LogP contribution < -0.4 is 0 Å². The van der Waals surface area contributed by atoms with Gasteiger partial charge in [-0.15, -0.1) is 0 Å². The van der Waals surface area contributed by atoms with Gasteiger partial charge in [-0.05, 0) is 68.7 Å². The summed E-state index contributed by atoms with van der Waals surface area (Å²) in [6.07, 6.45) is 6.42.